The Labute approximate surface area is 109 Å². The zero-order chi connectivity index (χ0) is 14.0. The first-order valence-corrected chi connectivity index (χ1v) is 5.92. The van der Waals surface area contributed by atoms with E-state index in [-0.39, 0.29) is 23.7 Å². The van der Waals surface area contributed by atoms with E-state index >= 15 is 0 Å². The van der Waals surface area contributed by atoms with Crippen molar-refractivity contribution in [3.05, 3.63) is 29.6 Å². The molecule has 1 saturated carbocycles. The summed E-state index contributed by atoms with van der Waals surface area (Å²) in [5.41, 5.74) is 5.24. The van der Waals surface area contributed by atoms with Crippen molar-refractivity contribution in [2.45, 2.75) is 12.8 Å². The van der Waals surface area contributed by atoms with Crippen LogP contribution in [0.3, 0.4) is 0 Å². The van der Waals surface area contributed by atoms with E-state index in [1.54, 1.807) is 0 Å². The molecular formula is C13H15FN2O3. The number of nitrogens with two attached hydrogens (primary N) is 1. The van der Waals surface area contributed by atoms with Gasteiger partial charge in [0.05, 0.1) is 23.8 Å². The second-order valence-electron chi connectivity index (χ2n) is 4.62. The molecule has 0 bridgehead atoms. The Kier molecular flexibility index (Phi) is 3.53. The average molecular weight is 266 g/mol. The van der Waals surface area contributed by atoms with E-state index in [0.29, 0.717) is 0 Å². The summed E-state index contributed by atoms with van der Waals surface area (Å²) < 4.78 is 17.7. The van der Waals surface area contributed by atoms with Crippen molar-refractivity contribution < 1.29 is 18.7 Å². The first kappa shape index (κ1) is 13.5. The van der Waals surface area contributed by atoms with Gasteiger partial charge in [-0.25, -0.2) is 9.18 Å². The zero-order valence-electron chi connectivity index (χ0n) is 10.5. The van der Waals surface area contributed by atoms with Gasteiger partial charge in [-0.15, -0.1) is 0 Å². The number of hydrogen-bond donors (Lipinski definition) is 2. The molecule has 3 N–H and O–H groups in total. The highest BCUT2D eigenvalue weighted by Crippen LogP contribution is 2.45. The van der Waals surface area contributed by atoms with E-state index in [4.69, 9.17) is 5.73 Å². The largest absolute Gasteiger partial charge is 0.465 e. The number of carbonyl (C=O) groups excluding carboxylic acids is 2. The van der Waals surface area contributed by atoms with Crippen molar-refractivity contribution in [3.63, 3.8) is 0 Å². The molecule has 1 aliphatic rings. The highest BCUT2D eigenvalue weighted by Gasteiger charge is 2.48. The summed E-state index contributed by atoms with van der Waals surface area (Å²) >= 11 is 0. The molecule has 0 spiro atoms. The molecule has 1 aliphatic carbocycles. The zero-order valence-corrected chi connectivity index (χ0v) is 10.5. The maximum absolute atomic E-state index is 13.2. The molecule has 6 heteroatoms. The quantitative estimate of drug-likeness (QED) is 0.805. The van der Waals surface area contributed by atoms with Crippen molar-refractivity contribution in [1.82, 2.24) is 0 Å². The lowest BCUT2D eigenvalue weighted by atomic mass is 10.1. The van der Waals surface area contributed by atoms with Crippen molar-refractivity contribution in [3.8, 4) is 0 Å². The molecule has 0 radical (unpaired) electrons. The van der Waals surface area contributed by atoms with Crippen LogP contribution in [0, 0.1) is 11.2 Å². The van der Waals surface area contributed by atoms with Crippen LogP contribution in [-0.4, -0.2) is 25.5 Å². The topological polar surface area (TPSA) is 81.4 Å². The number of hydrogen-bond acceptors (Lipinski definition) is 4. The van der Waals surface area contributed by atoms with Crippen molar-refractivity contribution >= 4 is 17.6 Å². The lowest BCUT2D eigenvalue weighted by Crippen LogP contribution is -2.31. The lowest BCUT2D eigenvalue weighted by molar-refractivity contribution is -0.120. The molecule has 1 aromatic rings. The van der Waals surface area contributed by atoms with Gasteiger partial charge in [-0.3, -0.25) is 4.79 Å². The van der Waals surface area contributed by atoms with Crippen molar-refractivity contribution in [1.29, 1.82) is 0 Å². The summed E-state index contributed by atoms with van der Waals surface area (Å²) in [6.45, 7) is 0.258. The van der Waals surface area contributed by atoms with Gasteiger partial charge in [0.2, 0.25) is 5.91 Å². The summed E-state index contributed by atoms with van der Waals surface area (Å²) in [4.78, 5) is 23.6. The van der Waals surface area contributed by atoms with Crippen LogP contribution in [-0.2, 0) is 9.53 Å². The van der Waals surface area contributed by atoms with Crippen LogP contribution in [0.2, 0.25) is 0 Å². The van der Waals surface area contributed by atoms with Gasteiger partial charge >= 0.3 is 5.97 Å². The summed E-state index contributed by atoms with van der Waals surface area (Å²) in [5, 5.41) is 2.62. The van der Waals surface area contributed by atoms with Gasteiger partial charge in [-0.1, -0.05) is 0 Å². The lowest BCUT2D eigenvalue weighted by Gasteiger charge is -2.14. The van der Waals surface area contributed by atoms with Crippen molar-refractivity contribution in [2.24, 2.45) is 11.1 Å². The van der Waals surface area contributed by atoms with Crippen LogP contribution in [0.4, 0.5) is 10.1 Å². The number of ether oxygens (including phenoxy) is 1. The molecule has 1 fully saturated rings. The third kappa shape index (κ3) is 2.58. The van der Waals surface area contributed by atoms with Gasteiger partial charge in [0.15, 0.2) is 0 Å². The third-order valence-corrected chi connectivity index (χ3v) is 3.36. The summed E-state index contributed by atoms with van der Waals surface area (Å²) in [5.74, 6) is -1.52. The maximum atomic E-state index is 13.2. The normalized spacial score (nSPS) is 15.7. The second-order valence-corrected chi connectivity index (χ2v) is 4.62. The summed E-state index contributed by atoms with van der Waals surface area (Å²) in [6.07, 6.45) is 1.45. The number of methoxy groups -OCH3 is 1. The number of carbonyl (C=O) groups is 2. The van der Waals surface area contributed by atoms with Gasteiger partial charge in [0.1, 0.15) is 5.82 Å². The van der Waals surface area contributed by atoms with Gasteiger partial charge in [0.25, 0.3) is 0 Å². The van der Waals surface area contributed by atoms with Gasteiger partial charge in [-0.05, 0) is 31.0 Å². The van der Waals surface area contributed by atoms with E-state index in [1.807, 2.05) is 0 Å². The number of rotatable bonds is 4. The Bertz CT molecular complexity index is 527. The number of amides is 1. The van der Waals surface area contributed by atoms with Crippen molar-refractivity contribution in [2.75, 3.05) is 19.0 Å². The Morgan fingerprint density at radius 3 is 2.68 bits per heavy atom. The van der Waals surface area contributed by atoms with E-state index < -0.39 is 17.2 Å². The summed E-state index contributed by atoms with van der Waals surface area (Å²) in [7, 11) is 1.20. The number of nitrogens with one attached hydrogen (secondary N) is 1. The minimum Gasteiger partial charge on any atom is -0.465 e. The Morgan fingerprint density at radius 2 is 2.16 bits per heavy atom. The molecular weight excluding hydrogens is 251 g/mol. The Balaban J connectivity index is 2.25. The molecule has 1 amide bonds. The molecule has 19 heavy (non-hydrogen) atoms. The van der Waals surface area contributed by atoms with Crippen LogP contribution in [0.1, 0.15) is 23.2 Å². The molecule has 0 heterocycles. The fourth-order valence-corrected chi connectivity index (χ4v) is 1.83. The number of benzene rings is 1. The fraction of sp³-hybridized carbons (Fsp3) is 0.385. The molecule has 1 aromatic carbocycles. The number of anilines is 1. The van der Waals surface area contributed by atoms with E-state index in [2.05, 4.69) is 10.1 Å². The number of esters is 1. The van der Waals surface area contributed by atoms with Crippen LogP contribution in [0.15, 0.2) is 18.2 Å². The molecule has 0 atom stereocenters. The molecule has 102 valence electrons. The second kappa shape index (κ2) is 4.97. The standard InChI is InChI=1S/C13H15FN2O3/c1-19-11(17)9-6-8(14)2-3-10(9)16-12(18)13(7-15)4-5-13/h2-3,6H,4-5,7,15H2,1H3,(H,16,18). The molecule has 0 aliphatic heterocycles. The fourth-order valence-electron chi connectivity index (χ4n) is 1.83. The van der Waals surface area contributed by atoms with E-state index in [1.165, 1.54) is 19.2 Å². The van der Waals surface area contributed by atoms with Crippen LogP contribution in [0.5, 0.6) is 0 Å². The third-order valence-electron chi connectivity index (χ3n) is 3.36. The van der Waals surface area contributed by atoms with Crippen LogP contribution < -0.4 is 11.1 Å². The van der Waals surface area contributed by atoms with Gasteiger partial charge in [-0.2, -0.15) is 0 Å². The smallest absolute Gasteiger partial charge is 0.340 e. The Hall–Kier alpha value is -1.95. The predicted molar refractivity (Wildman–Crippen MR) is 67.1 cm³/mol. The Morgan fingerprint density at radius 1 is 1.47 bits per heavy atom. The van der Waals surface area contributed by atoms with Crippen LogP contribution >= 0.6 is 0 Å². The highest BCUT2D eigenvalue weighted by atomic mass is 19.1. The average Bonchev–Trinajstić information content (AvgIpc) is 3.21. The molecule has 2 rings (SSSR count). The SMILES string of the molecule is COC(=O)c1cc(F)ccc1NC(=O)C1(CN)CC1. The molecule has 5 nitrogen and oxygen atoms in total. The molecule has 0 unspecified atom stereocenters. The first-order valence-electron chi connectivity index (χ1n) is 5.92. The summed E-state index contributed by atoms with van der Waals surface area (Å²) in [6, 6.07) is 3.54. The minimum atomic E-state index is -0.701. The highest BCUT2D eigenvalue weighted by molar-refractivity contribution is 6.03. The van der Waals surface area contributed by atoms with E-state index in [9.17, 15) is 14.0 Å². The molecule has 0 aromatic heterocycles. The predicted octanol–water partition coefficient (Wildman–Crippen LogP) is 1.29. The first-order chi connectivity index (χ1) is 9.02. The van der Waals surface area contributed by atoms with Gasteiger partial charge in [0, 0.05) is 6.54 Å². The molecule has 0 saturated heterocycles. The van der Waals surface area contributed by atoms with Crippen LogP contribution in [0.25, 0.3) is 0 Å². The monoisotopic (exact) mass is 266 g/mol. The minimum absolute atomic E-state index is 0.0105. The number of halogens is 1. The van der Waals surface area contributed by atoms with E-state index in [0.717, 1.165) is 18.9 Å². The van der Waals surface area contributed by atoms with Gasteiger partial charge < -0.3 is 15.8 Å². The maximum Gasteiger partial charge on any atom is 0.340 e.